The predicted molar refractivity (Wildman–Crippen MR) is 150 cm³/mol. The monoisotopic (exact) mass is 554 g/mol. The van der Waals surface area contributed by atoms with E-state index >= 15 is 0 Å². The standard InChI is InChI=1S/C30H42N4O6/c1-3-22-19-26(37)34(27(22)38)18-7-5-6-17-31-28(39)30(15-8-16-30)29(40)32-20-25(36)33-23-12-9-21(10-13-23)11-14-24(35)4-2/h9-10,12-13,22H,3-8,11,14-20H2,1-2H3,(H,31,39)(H,32,40)(H,33,36). The smallest absolute Gasteiger partial charge is 0.243 e. The van der Waals surface area contributed by atoms with Gasteiger partial charge in [0.15, 0.2) is 0 Å². The van der Waals surface area contributed by atoms with Crippen LogP contribution in [0.3, 0.4) is 0 Å². The molecule has 40 heavy (non-hydrogen) atoms. The van der Waals surface area contributed by atoms with Crippen molar-refractivity contribution in [3.63, 3.8) is 0 Å². The number of aryl methyl sites for hydroxylation is 1. The molecule has 1 heterocycles. The highest BCUT2D eigenvalue weighted by Gasteiger charge is 2.50. The minimum Gasteiger partial charge on any atom is -0.355 e. The number of ketones is 1. The number of likely N-dealkylation sites (tertiary alicyclic amines) is 1. The van der Waals surface area contributed by atoms with E-state index in [4.69, 9.17) is 0 Å². The van der Waals surface area contributed by atoms with Gasteiger partial charge in [0.1, 0.15) is 11.2 Å². The van der Waals surface area contributed by atoms with Crippen LogP contribution in [0.5, 0.6) is 0 Å². The molecule has 3 rings (SSSR count). The van der Waals surface area contributed by atoms with Crippen molar-refractivity contribution in [2.24, 2.45) is 11.3 Å². The van der Waals surface area contributed by atoms with Gasteiger partial charge in [-0.1, -0.05) is 32.4 Å². The van der Waals surface area contributed by atoms with Crippen molar-refractivity contribution in [2.45, 2.75) is 84.5 Å². The second-order valence-electron chi connectivity index (χ2n) is 10.8. The Morgan fingerprint density at radius 1 is 0.950 bits per heavy atom. The lowest BCUT2D eigenvalue weighted by Crippen LogP contribution is -2.56. The van der Waals surface area contributed by atoms with E-state index in [0.717, 1.165) is 18.4 Å². The molecule has 1 saturated heterocycles. The topological polar surface area (TPSA) is 142 Å². The fraction of sp³-hybridized carbons (Fsp3) is 0.600. The van der Waals surface area contributed by atoms with Gasteiger partial charge >= 0.3 is 0 Å². The van der Waals surface area contributed by atoms with Crippen molar-refractivity contribution < 1.29 is 28.8 Å². The molecule has 10 nitrogen and oxygen atoms in total. The zero-order valence-electron chi connectivity index (χ0n) is 23.7. The molecule has 0 bridgehead atoms. The summed E-state index contributed by atoms with van der Waals surface area (Å²) in [5.74, 6) is -1.33. The summed E-state index contributed by atoms with van der Waals surface area (Å²) in [6, 6.07) is 7.24. The summed E-state index contributed by atoms with van der Waals surface area (Å²) in [6.07, 6.45) is 6.36. The molecule has 1 atom stereocenters. The molecule has 2 aliphatic rings. The second-order valence-corrected chi connectivity index (χ2v) is 10.8. The van der Waals surface area contributed by atoms with Crippen LogP contribution in [0.25, 0.3) is 0 Å². The number of carbonyl (C=O) groups excluding carboxylic acids is 6. The Morgan fingerprint density at radius 2 is 1.65 bits per heavy atom. The Kier molecular flexibility index (Phi) is 11.4. The lowest BCUT2D eigenvalue weighted by Gasteiger charge is -2.38. The van der Waals surface area contributed by atoms with Crippen LogP contribution in [0, 0.1) is 11.3 Å². The number of imide groups is 1. The first-order valence-corrected chi connectivity index (χ1v) is 14.5. The van der Waals surface area contributed by atoms with Crippen LogP contribution in [0.2, 0.25) is 0 Å². The molecule has 0 radical (unpaired) electrons. The Balaban J connectivity index is 1.35. The molecule has 0 spiro atoms. The molecule has 10 heteroatoms. The molecule has 1 aliphatic carbocycles. The van der Waals surface area contributed by atoms with Gasteiger partial charge < -0.3 is 16.0 Å². The van der Waals surface area contributed by atoms with Crippen molar-refractivity contribution in [2.75, 3.05) is 25.0 Å². The van der Waals surface area contributed by atoms with Crippen LogP contribution in [-0.4, -0.2) is 59.9 Å². The number of rotatable bonds is 16. The molecule has 0 aromatic heterocycles. The normalized spacial score (nSPS) is 17.8. The maximum Gasteiger partial charge on any atom is 0.243 e. The average Bonchev–Trinajstić information content (AvgIpc) is 3.20. The fourth-order valence-corrected chi connectivity index (χ4v) is 5.09. The number of benzene rings is 1. The van der Waals surface area contributed by atoms with Crippen molar-refractivity contribution in [1.29, 1.82) is 0 Å². The first-order chi connectivity index (χ1) is 19.2. The number of hydrogen-bond donors (Lipinski definition) is 3. The quantitative estimate of drug-likeness (QED) is 0.163. The van der Waals surface area contributed by atoms with Crippen LogP contribution in [0.1, 0.15) is 83.6 Å². The highest BCUT2D eigenvalue weighted by molar-refractivity contribution is 6.07. The fourth-order valence-electron chi connectivity index (χ4n) is 5.09. The lowest BCUT2D eigenvalue weighted by molar-refractivity contribution is -0.150. The summed E-state index contributed by atoms with van der Waals surface area (Å²) in [6.45, 7) is 4.31. The minimum absolute atomic E-state index is 0.0816. The molecule has 1 unspecified atom stereocenters. The van der Waals surface area contributed by atoms with Crippen LogP contribution < -0.4 is 16.0 Å². The largest absolute Gasteiger partial charge is 0.355 e. The molecule has 2 fully saturated rings. The van der Waals surface area contributed by atoms with Gasteiger partial charge in [-0.15, -0.1) is 0 Å². The number of anilines is 1. The number of carbonyl (C=O) groups is 6. The van der Waals surface area contributed by atoms with Gasteiger partial charge in [0.2, 0.25) is 29.5 Å². The summed E-state index contributed by atoms with van der Waals surface area (Å²) >= 11 is 0. The maximum atomic E-state index is 12.9. The van der Waals surface area contributed by atoms with E-state index in [1.54, 1.807) is 12.1 Å². The Bertz CT molecular complexity index is 1100. The van der Waals surface area contributed by atoms with Gasteiger partial charge in [-0.3, -0.25) is 33.7 Å². The number of Topliss-reactive ketones (excluding diaryl/α,β-unsaturated/α-hetero) is 1. The predicted octanol–water partition coefficient (Wildman–Crippen LogP) is 2.89. The van der Waals surface area contributed by atoms with Gasteiger partial charge in [0.05, 0.1) is 6.54 Å². The van der Waals surface area contributed by atoms with Crippen LogP contribution >= 0.6 is 0 Å². The molecule has 1 aromatic carbocycles. The van der Waals surface area contributed by atoms with Crippen molar-refractivity contribution in [3.8, 4) is 0 Å². The van der Waals surface area contributed by atoms with E-state index in [0.29, 0.717) is 76.6 Å². The molecule has 218 valence electrons. The third kappa shape index (κ3) is 7.99. The molecular formula is C30H42N4O6. The molecule has 1 saturated carbocycles. The van der Waals surface area contributed by atoms with Crippen molar-refractivity contribution >= 4 is 41.0 Å². The number of nitrogens with one attached hydrogen (secondary N) is 3. The zero-order chi connectivity index (χ0) is 29.1. The third-order valence-electron chi connectivity index (χ3n) is 7.98. The van der Waals surface area contributed by atoms with Crippen LogP contribution in [0.4, 0.5) is 5.69 Å². The van der Waals surface area contributed by atoms with Gasteiger partial charge in [0, 0.05) is 44.0 Å². The van der Waals surface area contributed by atoms with Gasteiger partial charge in [-0.2, -0.15) is 0 Å². The van der Waals surface area contributed by atoms with E-state index < -0.39 is 17.2 Å². The van der Waals surface area contributed by atoms with Crippen LogP contribution in [-0.2, 0) is 35.2 Å². The van der Waals surface area contributed by atoms with Gasteiger partial charge in [0.25, 0.3) is 0 Å². The summed E-state index contributed by atoms with van der Waals surface area (Å²) in [5.41, 5.74) is 0.444. The number of amides is 5. The zero-order valence-corrected chi connectivity index (χ0v) is 23.7. The van der Waals surface area contributed by atoms with E-state index in [1.807, 2.05) is 26.0 Å². The first kappa shape index (κ1) is 31.0. The number of nitrogens with zero attached hydrogens (tertiary/aromatic N) is 1. The third-order valence-corrected chi connectivity index (χ3v) is 7.98. The SMILES string of the molecule is CCC(=O)CCc1ccc(NC(=O)CNC(=O)C2(C(=O)NCCCCCN3C(=O)CC(CC)C3=O)CCC2)cc1. The van der Waals surface area contributed by atoms with Gasteiger partial charge in [-0.25, -0.2) is 0 Å². The van der Waals surface area contributed by atoms with E-state index in [-0.39, 0.29) is 36.0 Å². The highest BCUT2D eigenvalue weighted by Crippen LogP contribution is 2.41. The Labute approximate surface area is 236 Å². The van der Waals surface area contributed by atoms with Crippen molar-refractivity contribution in [3.05, 3.63) is 29.8 Å². The summed E-state index contributed by atoms with van der Waals surface area (Å²) < 4.78 is 0. The lowest BCUT2D eigenvalue weighted by atomic mass is 9.67. The van der Waals surface area contributed by atoms with Crippen molar-refractivity contribution in [1.82, 2.24) is 15.5 Å². The van der Waals surface area contributed by atoms with E-state index in [9.17, 15) is 28.8 Å². The minimum atomic E-state index is -1.15. The summed E-state index contributed by atoms with van der Waals surface area (Å²) in [7, 11) is 0. The maximum absolute atomic E-state index is 12.9. The van der Waals surface area contributed by atoms with E-state index in [2.05, 4.69) is 16.0 Å². The van der Waals surface area contributed by atoms with Crippen LogP contribution in [0.15, 0.2) is 24.3 Å². The Hall–Kier alpha value is -3.56. The molecule has 5 amide bonds. The highest BCUT2D eigenvalue weighted by atomic mass is 16.2. The molecule has 1 aliphatic heterocycles. The van der Waals surface area contributed by atoms with Gasteiger partial charge in [-0.05, 0) is 62.6 Å². The Morgan fingerprint density at radius 3 is 2.25 bits per heavy atom. The molecule has 3 N–H and O–H groups in total. The number of unbranched alkanes of at least 4 members (excludes halogenated alkanes) is 2. The summed E-state index contributed by atoms with van der Waals surface area (Å²) in [5, 5.41) is 8.21. The summed E-state index contributed by atoms with van der Waals surface area (Å²) in [4.78, 5) is 75.2. The molecule has 1 aromatic rings. The van der Waals surface area contributed by atoms with E-state index in [1.165, 1.54) is 4.90 Å². The number of hydrogen-bond acceptors (Lipinski definition) is 6. The second kappa shape index (κ2) is 14.7. The first-order valence-electron chi connectivity index (χ1n) is 14.5. The molecular weight excluding hydrogens is 512 g/mol. The average molecular weight is 555 g/mol.